The number of hydrogen-bond donors (Lipinski definition) is 1. The van der Waals surface area contributed by atoms with Crippen LogP contribution in [0.25, 0.3) is 17.4 Å². The largest absolute Gasteiger partial charge is 0.758 e. The normalized spacial score (nSPS) is 16.0. The van der Waals surface area contributed by atoms with Gasteiger partial charge in [0.1, 0.15) is 15.8 Å². The molecule has 5 nitrogen and oxygen atoms in total. The third-order valence-electron chi connectivity index (χ3n) is 3.38. The lowest BCUT2D eigenvalue weighted by Gasteiger charge is -2.25. The molecular formula is C16H13N2O3S2-. The highest BCUT2D eigenvalue weighted by molar-refractivity contribution is 8.26. The van der Waals surface area contributed by atoms with Gasteiger partial charge in [-0.15, -0.1) is 0 Å². The minimum atomic E-state index is -0.211. The number of furan rings is 1. The average Bonchev–Trinajstić information content (AvgIpc) is 3.06. The van der Waals surface area contributed by atoms with E-state index in [0.717, 1.165) is 16.2 Å². The molecule has 0 atom stereocenters. The lowest BCUT2D eigenvalue weighted by Crippen LogP contribution is -2.17. The van der Waals surface area contributed by atoms with Crippen LogP contribution in [0.1, 0.15) is 11.3 Å². The molecule has 1 aromatic heterocycles. The van der Waals surface area contributed by atoms with Crippen LogP contribution in [0, 0.1) is 12.1 Å². The van der Waals surface area contributed by atoms with Crippen molar-refractivity contribution in [3.05, 3.63) is 51.8 Å². The molecule has 0 aliphatic carbocycles. The quantitative estimate of drug-likeness (QED) is 0.520. The Morgan fingerprint density at radius 1 is 1.35 bits per heavy atom. The summed E-state index contributed by atoms with van der Waals surface area (Å²) < 4.78 is 6.24. The van der Waals surface area contributed by atoms with Gasteiger partial charge in [-0.05, 0) is 49.9 Å². The van der Waals surface area contributed by atoms with Crippen molar-refractivity contribution < 1.29 is 9.21 Å². The molecule has 0 bridgehead atoms. The van der Waals surface area contributed by atoms with E-state index in [2.05, 4.69) is 5.32 Å². The third-order valence-corrected chi connectivity index (χ3v) is 4.54. The lowest BCUT2D eigenvalue weighted by molar-refractivity contribution is -0.115. The van der Waals surface area contributed by atoms with Crippen LogP contribution in [-0.4, -0.2) is 17.3 Å². The molecule has 2 aromatic rings. The second-order valence-electron chi connectivity index (χ2n) is 5.05. The van der Waals surface area contributed by atoms with Gasteiger partial charge in [-0.1, -0.05) is 24.0 Å². The summed E-state index contributed by atoms with van der Waals surface area (Å²) in [5.74, 6) is 1.05. The number of hydrogen-bond acceptors (Lipinski definition) is 6. The molecule has 1 N–H and O–H groups in total. The van der Waals surface area contributed by atoms with E-state index in [1.807, 2.05) is 25.1 Å². The number of anilines is 1. The first-order valence-corrected chi connectivity index (χ1v) is 8.03. The zero-order valence-electron chi connectivity index (χ0n) is 12.5. The number of thiocarbonyl (C=S) groups is 1. The van der Waals surface area contributed by atoms with Gasteiger partial charge in [0.05, 0.1) is 4.91 Å². The van der Waals surface area contributed by atoms with Gasteiger partial charge in [-0.25, -0.2) is 0 Å². The first kappa shape index (κ1) is 15.8. The fourth-order valence-electron chi connectivity index (χ4n) is 2.25. The number of hydroxylamine groups is 1. The van der Waals surface area contributed by atoms with Gasteiger partial charge in [0.15, 0.2) is 0 Å². The van der Waals surface area contributed by atoms with E-state index in [1.165, 1.54) is 18.8 Å². The van der Waals surface area contributed by atoms with Crippen LogP contribution in [0.4, 0.5) is 5.69 Å². The smallest absolute Gasteiger partial charge is 0.263 e. The molecule has 1 aliphatic heterocycles. The molecule has 1 aliphatic rings. The van der Waals surface area contributed by atoms with E-state index >= 15 is 0 Å². The Bertz CT molecular complexity index is 824. The van der Waals surface area contributed by atoms with Crippen LogP contribution in [-0.2, 0) is 4.79 Å². The Morgan fingerprint density at radius 3 is 2.74 bits per heavy atom. The maximum atomic E-state index is 11.7. The van der Waals surface area contributed by atoms with E-state index in [9.17, 15) is 10.0 Å². The maximum Gasteiger partial charge on any atom is 0.263 e. The second kappa shape index (κ2) is 6.19. The maximum absolute atomic E-state index is 11.7. The van der Waals surface area contributed by atoms with Crippen LogP contribution in [0.2, 0.25) is 0 Å². The minimum absolute atomic E-state index is 0.211. The first-order chi connectivity index (χ1) is 10.9. The summed E-state index contributed by atoms with van der Waals surface area (Å²) in [6.45, 7) is 1.92. The minimum Gasteiger partial charge on any atom is -0.758 e. The molecule has 0 spiro atoms. The van der Waals surface area contributed by atoms with E-state index in [0.29, 0.717) is 26.4 Å². The monoisotopic (exact) mass is 345 g/mol. The van der Waals surface area contributed by atoms with E-state index in [4.69, 9.17) is 16.6 Å². The van der Waals surface area contributed by atoms with Crippen LogP contribution < -0.4 is 10.4 Å². The number of rotatable bonds is 3. The number of nitrogens with zero attached hydrogens (tertiary/aromatic N) is 1. The summed E-state index contributed by atoms with van der Waals surface area (Å²) in [6, 6.07) is 9.03. The molecule has 0 radical (unpaired) electrons. The molecule has 3 rings (SSSR count). The molecule has 1 saturated heterocycles. The van der Waals surface area contributed by atoms with Crippen LogP contribution >= 0.6 is 24.0 Å². The summed E-state index contributed by atoms with van der Waals surface area (Å²) >= 11 is 6.17. The van der Waals surface area contributed by atoms with Crippen molar-refractivity contribution in [2.75, 3.05) is 12.1 Å². The SMILES string of the molecule is Cc1cc(N(C)[O-])ccc1-c1ccc(/C=C2\SC(=S)NC2=O)o1. The van der Waals surface area contributed by atoms with Crippen molar-refractivity contribution in [2.45, 2.75) is 6.92 Å². The zero-order chi connectivity index (χ0) is 16.6. The fraction of sp³-hybridized carbons (Fsp3) is 0.125. The summed E-state index contributed by atoms with van der Waals surface area (Å²) in [5, 5.41) is 14.7. The number of nitrogens with one attached hydrogen (secondary N) is 1. The molecule has 1 amide bonds. The van der Waals surface area contributed by atoms with Gasteiger partial charge in [0.2, 0.25) is 0 Å². The molecule has 1 aromatic carbocycles. The standard InChI is InChI=1S/C16H13N2O3S2/c1-9-7-10(18(2)20)3-5-12(9)13-6-4-11(21-13)8-14-15(19)17-16(22)23-14/h3-8H,1-2H3,(H,17,19,22)/q-1/b14-8-. The molecule has 23 heavy (non-hydrogen) atoms. The Hall–Kier alpha value is -2.09. The molecular weight excluding hydrogens is 332 g/mol. The van der Waals surface area contributed by atoms with Crippen molar-refractivity contribution >= 4 is 46.0 Å². The highest BCUT2D eigenvalue weighted by Gasteiger charge is 2.22. The van der Waals surface area contributed by atoms with Gasteiger partial charge in [-0.3, -0.25) is 4.79 Å². The highest BCUT2D eigenvalue weighted by Crippen LogP contribution is 2.31. The van der Waals surface area contributed by atoms with Crippen molar-refractivity contribution in [3.63, 3.8) is 0 Å². The number of thioether (sulfide) groups is 1. The number of carbonyl (C=O) groups excluding carboxylic acids is 1. The molecule has 7 heteroatoms. The lowest BCUT2D eigenvalue weighted by atomic mass is 10.1. The van der Waals surface area contributed by atoms with Gasteiger partial charge in [0.25, 0.3) is 5.91 Å². The van der Waals surface area contributed by atoms with E-state index in [1.54, 1.807) is 18.2 Å². The summed E-state index contributed by atoms with van der Waals surface area (Å²) in [5.41, 5.74) is 2.43. The summed E-state index contributed by atoms with van der Waals surface area (Å²) in [6.07, 6.45) is 1.66. The topological polar surface area (TPSA) is 68.5 Å². The predicted molar refractivity (Wildman–Crippen MR) is 97.0 cm³/mol. The third kappa shape index (κ3) is 3.31. The van der Waals surface area contributed by atoms with Crippen molar-refractivity contribution in [3.8, 4) is 11.3 Å². The summed E-state index contributed by atoms with van der Waals surface area (Å²) in [7, 11) is 1.46. The number of benzene rings is 1. The molecule has 2 heterocycles. The number of aryl methyl sites for hydroxylation is 1. The van der Waals surface area contributed by atoms with Crippen molar-refractivity contribution in [2.24, 2.45) is 0 Å². The van der Waals surface area contributed by atoms with E-state index < -0.39 is 0 Å². The highest BCUT2D eigenvalue weighted by atomic mass is 32.2. The number of carbonyl (C=O) groups is 1. The van der Waals surface area contributed by atoms with Crippen molar-refractivity contribution in [1.29, 1.82) is 0 Å². The van der Waals surface area contributed by atoms with Gasteiger partial charge in [-0.2, -0.15) is 0 Å². The van der Waals surface area contributed by atoms with Gasteiger partial charge >= 0.3 is 0 Å². The van der Waals surface area contributed by atoms with Gasteiger partial charge < -0.3 is 20.0 Å². The van der Waals surface area contributed by atoms with E-state index in [-0.39, 0.29) is 5.91 Å². The Morgan fingerprint density at radius 2 is 2.13 bits per heavy atom. The fourth-order valence-corrected chi connectivity index (χ4v) is 3.27. The first-order valence-electron chi connectivity index (χ1n) is 6.80. The molecule has 1 fully saturated rings. The average molecular weight is 345 g/mol. The molecule has 0 unspecified atom stereocenters. The Labute approximate surface area is 142 Å². The van der Waals surface area contributed by atoms with Crippen LogP contribution in [0.3, 0.4) is 0 Å². The van der Waals surface area contributed by atoms with Crippen LogP contribution in [0.15, 0.2) is 39.7 Å². The zero-order valence-corrected chi connectivity index (χ0v) is 14.1. The Balaban J connectivity index is 1.89. The second-order valence-corrected chi connectivity index (χ2v) is 6.77. The van der Waals surface area contributed by atoms with Crippen LogP contribution in [0.5, 0.6) is 0 Å². The van der Waals surface area contributed by atoms with Crippen molar-refractivity contribution in [1.82, 2.24) is 5.32 Å². The molecule has 0 saturated carbocycles. The summed E-state index contributed by atoms with van der Waals surface area (Å²) in [4.78, 5) is 12.2. The predicted octanol–water partition coefficient (Wildman–Crippen LogP) is 3.68. The molecule has 118 valence electrons. The Kier molecular flexibility index (Phi) is 4.25. The van der Waals surface area contributed by atoms with Gasteiger partial charge in [0, 0.05) is 17.3 Å². The number of amides is 1.